The van der Waals surface area contributed by atoms with Crippen LogP contribution in [-0.4, -0.2) is 12.5 Å². The van der Waals surface area contributed by atoms with Crippen LogP contribution in [0.3, 0.4) is 0 Å². The lowest BCUT2D eigenvalue weighted by Crippen LogP contribution is -2.06. The fourth-order valence-electron chi connectivity index (χ4n) is 1.28. The van der Waals surface area contributed by atoms with Crippen LogP contribution < -0.4 is 5.73 Å². The topological polar surface area (TPSA) is 52.3 Å². The van der Waals surface area contributed by atoms with E-state index in [2.05, 4.69) is 0 Å². The van der Waals surface area contributed by atoms with Crippen molar-refractivity contribution in [3.63, 3.8) is 0 Å². The maximum Gasteiger partial charge on any atom is 0.306 e. The first-order valence-electron chi connectivity index (χ1n) is 5.32. The number of carbonyl (C=O) groups is 1. The standard InChI is InChI=1S/C12H16ClNO2/c13-11-5-3-4-10(8-11)9-16-12(15)6-1-2-7-14/h3-5,8H,1-2,6-7,9,14H2. The third kappa shape index (κ3) is 5.14. The van der Waals surface area contributed by atoms with E-state index in [0.717, 1.165) is 18.4 Å². The summed E-state index contributed by atoms with van der Waals surface area (Å²) in [5, 5.41) is 0.650. The minimum atomic E-state index is -0.187. The molecule has 1 rings (SSSR count). The number of hydrogen-bond donors (Lipinski definition) is 1. The van der Waals surface area contributed by atoms with Gasteiger partial charge in [0.15, 0.2) is 0 Å². The third-order valence-corrected chi connectivity index (χ3v) is 2.36. The van der Waals surface area contributed by atoms with Gasteiger partial charge in [0.1, 0.15) is 6.61 Å². The number of esters is 1. The van der Waals surface area contributed by atoms with Crippen molar-refractivity contribution >= 4 is 17.6 Å². The number of benzene rings is 1. The number of rotatable bonds is 6. The second-order valence-corrected chi connectivity index (χ2v) is 3.97. The molecule has 0 saturated heterocycles. The van der Waals surface area contributed by atoms with Gasteiger partial charge in [-0.15, -0.1) is 0 Å². The molecule has 0 fully saturated rings. The molecule has 0 aliphatic heterocycles. The van der Waals surface area contributed by atoms with E-state index in [4.69, 9.17) is 22.1 Å². The van der Waals surface area contributed by atoms with Crippen LogP contribution in [-0.2, 0) is 16.1 Å². The second kappa shape index (κ2) is 7.25. The van der Waals surface area contributed by atoms with Gasteiger partial charge in [0.25, 0.3) is 0 Å². The molecule has 0 radical (unpaired) electrons. The SMILES string of the molecule is NCCCCC(=O)OCc1cccc(Cl)c1. The van der Waals surface area contributed by atoms with Gasteiger partial charge in [-0.05, 0) is 37.1 Å². The normalized spacial score (nSPS) is 10.1. The number of hydrogen-bond acceptors (Lipinski definition) is 3. The highest BCUT2D eigenvalue weighted by atomic mass is 35.5. The van der Waals surface area contributed by atoms with Gasteiger partial charge in [-0.25, -0.2) is 0 Å². The van der Waals surface area contributed by atoms with Gasteiger partial charge >= 0.3 is 5.97 Å². The lowest BCUT2D eigenvalue weighted by molar-refractivity contribution is -0.145. The number of ether oxygens (including phenoxy) is 1. The van der Waals surface area contributed by atoms with E-state index in [1.165, 1.54) is 0 Å². The van der Waals surface area contributed by atoms with Crippen LogP contribution >= 0.6 is 11.6 Å². The second-order valence-electron chi connectivity index (χ2n) is 3.54. The number of carbonyl (C=O) groups excluding carboxylic acids is 1. The molecule has 0 amide bonds. The largest absolute Gasteiger partial charge is 0.461 e. The summed E-state index contributed by atoms with van der Waals surface area (Å²) in [5.41, 5.74) is 6.23. The Balaban J connectivity index is 2.26. The van der Waals surface area contributed by atoms with E-state index in [-0.39, 0.29) is 12.6 Å². The molecule has 0 aliphatic rings. The summed E-state index contributed by atoms with van der Waals surface area (Å²) in [4.78, 5) is 11.3. The molecular formula is C12H16ClNO2. The van der Waals surface area contributed by atoms with E-state index in [0.29, 0.717) is 18.0 Å². The minimum Gasteiger partial charge on any atom is -0.461 e. The molecule has 3 nitrogen and oxygen atoms in total. The van der Waals surface area contributed by atoms with Crippen LogP contribution in [0, 0.1) is 0 Å². The average molecular weight is 242 g/mol. The molecule has 0 heterocycles. The first kappa shape index (κ1) is 13.0. The molecule has 0 aromatic heterocycles. The number of nitrogens with two attached hydrogens (primary N) is 1. The van der Waals surface area contributed by atoms with Gasteiger partial charge in [0.05, 0.1) is 0 Å². The van der Waals surface area contributed by atoms with Crippen molar-refractivity contribution in [2.45, 2.75) is 25.9 Å². The van der Waals surface area contributed by atoms with E-state index in [9.17, 15) is 4.79 Å². The number of unbranched alkanes of at least 4 members (excludes halogenated alkanes) is 1. The molecule has 4 heteroatoms. The monoisotopic (exact) mass is 241 g/mol. The van der Waals surface area contributed by atoms with Crippen molar-refractivity contribution < 1.29 is 9.53 Å². The summed E-state index contributed by atoms with van der Waals surface area (Å²) >= 11 is 5.81. The molecule has 88 valence electrons. The summed E-state index contributed by atoms with van der Waals surface area (Å²) in [5.74, 6) is -0.187. The lowest BCUT2D eigenvalue weighted by Gasteiger charge is -2.04. The van der Waals surface area contributed by atoms with Gasteiger partial charge < -0.3 is 10.5 Å². The third-order valence-electron chi connectivity index (χ3n) is 2.12. The lowest BCUT2D eigenvalue weighted by atomic mass is 10.2. The van der Waals surface area contributed by atoms with Crippen molar-refractivity contribution in [2.24, 2.45) is 5.73 Å². The van der Waals surface area contributed by atoms with Crippen LogP contribution in [0.15, 0.2) is 24.3 Å². The van der Waals surface area contributed by atoms with Crippen LogP contribution in [0.4, 0.5) is 0 Å². The first-order valence-corrected chi connectivity index (χ1v) is 5.70. The maximum absolute atomic E-state index is 11.3. The Morgan fingerprint density at radius 1 is 1.38 bits per heavy atom. The maximum atomic E-state index is 11.3. The van der Waals surface area contributed by atoms with Gasteiger partial charge in [0, 0.05) is 11.4 Å². The van der Waals surface area contributed by atoms with E-state index >= 15 is 0 Å². The quantitative estimate of drug-likeness (QED) is 0.615. The van der Waals surface area contributed by atoms with Gasteiger partial charge in [0.2, 0.25) is 0 Å². The Hall–Kier alpha value is -1.06. The summed E-state index contributed by atoms with van der Waals surface area (Å²) in [6.45, 7) is 0.892. The van der Waals surface area contributed by atoms with Crippen molar-refractivity contribution in [3.05, 3.63) is 34.9 Å². The zero-order chi connectivity index (χ0) is 11.8. The highest BCUT2D eigenvalue weighted by Gasteiger charge is 2.03. The van der Waals surface area contributed by atoms with Gasteiger partial charge in [-0.1, -0.05) is 23.7 Å². The van der Waals surface area contributed by atoms with Crippen molar-refractivity contribution in [3.8, 4) is 0 Å². The zero-order valence-corrected chi connectivity index (χ0v) is 9.87. The van der Waals surface area contributed by atoms with Crippen molar-refractivity contribution in [1.29, 1.82) is 0 Å². The Bertz CT molecular complexity index is 342. The predicted octanol–water partition coefficient (Wildman–Crippen LogP) is 2.51. The smallest absolute Gasteiger partial charge is 0.306 e. The first-order chi connectivity index (χ1) is 7.72. The summed E-state index contributed by atoms with van der Waals surface area (Å²) < 4.78 is 5.09. The van der Waals surface area contributed by atoms with Crippen LogP contribution in [0.2, 0.25) is 5.02 Å². The Morgan fingerprint density at radius 3 is 2.88 bits per heavy atom. The van der Waals surface area contributed by atoms with E-state index in [1.54, 1.807) is 12.1 Å². The summed E-state index contributed by atoms with van der Waals surface area (Å²) in [7, 11) is 0. The van der Waals surface area contributed by atoms with Gasteiger partial charge in [-0.2, -0.15) is 0 Å². The molecule has 0 unspecified atom stereocenters. The Kier molecular flexibility index (Phi) is 5.90. The molecule has 0 atom stereocenters. The Morgan fingerprint density at radius 2 is 2.19 bits per heavy atom. The molecule has 0 bridgehead atoms. The van der Waals surface area contributed by atoms with Crippen LogP contribution in [0.25, 0.3) is 0 Å². The average Bonchev–Trinajstić information content (AvgIpc) is 2.27. The van der Waals surface area contributed by atoms with Crippen molar-refractivity contribution in [1.82, 2.24) is 0 Å². The fraction of sp³-hybridized carbons (Fsp3) is 0.417. The molecule has 2 N–H and O–H groups in total. The van der Waals surface area contributed by atoms with Crippen molar-refractivity contribution in [2.75, 3.05) is 6.54 Å². The van der Waals surface area contributed by atoms with E-state index < -0.39 is 0 Å². The van der Waals surface area contributed by atoms with Gasteiger partial charge in [-0.3, -0.25) is 4.79 Å². The molecule has 0 saturated carbocycles. The molecule has 1 aromatic rings. The fourth-order valence-corrected chi connectivity index (χ4v) is 1.49. The highest BCUT2D eigenvalue weighted by molar-refractivity contribution is 6.30. The van der Waals surface area contributed by atoms with Crippen LogP contribution in [0.1, 0.15) is 24.8 Å². The molecule has 16 heavy (non-hydrogen) atoms. The predicted molar refractivity (Wildman–Crippen MR) is 64.2 cm³/mol. The Labute approximate surface area is 101 Å². The summed E-state index contributed by atoms with van der Waals surface area (Å²) in [6, 6.07) is 7.28. The van der Waals surface area contributed by atoms with Crippen LogP contribution in [0.5, 0.6) is 0 Å². The molecule has 0 spiro atoms. The molecule has 1 aromatic carbocycles. The molecule has 0 aliphatic carbocycles. The highest BCUT2D eigenvalue weighted by Crippen LogP contribution is 2.11. The van der Waals surface area contributed by atoms with E-state index in [1.807, 2.05) is 12.1 Å². The molecular weight excluding hydrogens is 226 g/mol. The summed E-state index contributed by atoms with van der Waals surface area (Å²) in [6.07, 6.45) is 2.06. The number of halogens is 1. The minimum absolute atomic E-state index is 0.187. The zero-order valence-electron chi connectivity index (χ0n) is 9.12.